The summed E-state index contributed by atoms with van der Waals surface area (Å²) in [4.78, 5) is 24.1. The molecule has 1 aromatic heterocycles. The molecule has 2 aromatic carbocycles. The van der Waals surface area contributed by atoms with Gasteiger partial charge in [0.15, 0.2) is 0 Å². The number of hydrogen-bond acceptors (Lipinski definition) is 2. The van der Waals surface area contributed by atoms with Crippen molar-refractivity contribution < 1.29 is 9.59 Å². The SMILES string of the molecule is O=C(C=c1[se]c(=CC(=O)c2ccccc2)[se]1)c1ccccc1. The number of benzene rings is 2. The van der Waals surface area contributed by atoms with Crippen LogP contribution in [0, 0.1) is 0 Å². The molecule has 3 aromatic rings. The van der Waals surface area contributed by atoms with E-state index in [0.717, 1.165) is 11.1 Å². The van der Waals surface area contributed by atoms with Crippen LogP contribution in [0.5, 0.6) is 0 Å². The topological polar surface area (TPSA) is 34.1 Å². The Balaban J connectivity index is 1.77. The molecular formula is C18H12O2Se2. The van der Waals surface area contributed by atoms with Crippen molar-refractivity contribution in [3.8, 4) is 0 Å². The van der Waals surface area contributed by atoms with E-state index >= 15 is 0 Å². The molecule has 4 heteroatoms. The van der Waals surface area contributed by atoms with E-state index in [9.17, 15) is 9.59 Å². The molecule has 3 rings (SSSR count). The van der Waals surface area contributed by atoms with Crippen LogP contribution in [0.3, 0.4) is 0 Å². The van der Waals surface area contributed by atoms with Crippen LogP contribution in [0.2, 0.25) is 0 Å². The van der Waals surface area contributed by atoms with Gasteiger partial charge in [0.05, 0.1) is 0 Å². The van der Waals surface area contributed by atoms with Gasteiger partial charge in [-0.25, -0.2) is 0 Å². The van der Waals surface area contributed by atoms with Gasteiger partial charge in [-0.15, -0.1) is 0 Å². The van der Waals surface area contributed by atoms with Gasteiger partial charge in [-0.2, -0.15) is 0 Å². The first-order valence-electron chi connectivity index (χ1n) is 6.70. The normalized spacial score (nSPS) is 10.2. The molecule has 22 heavy (non-hydrogen) atoms. The van der Waals surface area contributed by atoms with E-state index in [1.165, 1.54) is 5.93 Å². The summed E-state index contributed by atoms with van der Waals surface area (Å²) >= 11 is 0.323. The average molecular weight is 418 g/mol. The Hall–Kier alpha value is -1.70. The third-order valence-corrected chi connectivity index (χ3v) is 9.33. The number of carbonyl (C=O) groups is 2. The summed E-state index contributed by atoms with van der Waals surface area (Å²) in [6.07, 6.45) is 3.50. The van der Waals surface area contributed by atoms with Gasteiger partial charge in [0.25, 0.3) is 0 Å². The van der Waals surface area contributed by atoms with Crippen LogP contribution in [0.4, 0.5) is 0 Å². The van der Waals surface area contributed by atoms with Gasteiger partial charge in [-0.3, -0.25) is 0 Å². The Kier molecular flexibility index (Phi) is 4.86. The van der Waals surface area contributed by atoms with Crippen molar-refractivity contribution in [2.45, 2.75) is 0 Å². The Morgan fingerprint density at radius 2 is 1.00 bits per heavy atom. The van der Waals surface area contributed by atoms with Crippen LogP contribution in [0.25, 0.3) is 12.2 Å². The fourth-order valence-corrected chi connectivity index (χ4v) is 7.17. The number of Topliss-reactive ketones (excluding diaryl/α,β-unsaturated/α-hetero) is 2. The van der Waals surface area contributed by atoms with Crippen molar-refractivity contribution in [1.82, 2.24) is 0 Å². The molecule has 0 aliphatic rings. The fourth-order valence-electron chi connectivity index (χ4n) is 1.91. The van der Waals surface area contributed by atoms with Crippen LogP contribution in [0.15, 0.2) is 60.7 Å². The van der Waals surface area contributed by atoms with Crippen molar-refractivity contribution in [2.75, 3.05) is 0 Å². The number of rotatable bonds is 4. The van der Waals surface area contributed by atoms with Crippen molar-refractivity contribution in [2.24, 2.45) is 0 Å². The van der Waals surface area contributed by atoms with E-state index in [2.05, 4.69) is 0 Å². The van der Waals surface area contributed by atoms with Gasteiger partial charge in [-0.1, -0.05) is 0 Å². The third-order valence-electron chi connectivity index (χ3n) is 3.02. The zero-order chi connectivity index (χ0) is 15.4. The zero-order valence-electron chi connectivity index (χ0n) is 11.6. The molecule has 0 aliphatic heterocycles. The van der Waals surface area contributed by atoms with Gasteiger partial charge in [0, 0.05) is 0 Å². The Morgan fingerprint density at radius 3 is 1.36 bits per heavy atom. The van der Waals surface area contributed by atoms with Gasteiger partial charge in [-0.05, 0) is 0 Å². The van der Waals surface area contributed by atoms with Crippen LogP contribution in [-0.2, 0) is 0 Å². The fraction of sp³-hybridized carbons (Fsp3) is 0. The van der Waals surface area contributed by atoms with E-state index in [0.29, 0.717) is 0 Å². The van der Waals surface area contributed by atoms with E-state index in [4.69, 9.17) is 0 Å². The maximum absolute atomic E-state index is 12.1. The molecule has 0 spiro atoms. The van der Waals surface area contributed by atoms with Gasteiger partial charge < -0.3 is 0 Å². The molecule has 0 aliphatic carbocycles. The van der Waals surface area contributed by atoms with Crippen molar-refractivity contribution in [3.05, 3.63) is 77.7 Å². The predicted molar refractivity (Wildman–Crippen MR) is 90.0 cm³/mol. The molecule has 108 valence electrons. The number of ketones is 2. The summed E-state index contributed by atoms with van der Waals surface area (Å²) in [6, 6.07) is 18.6. The first-order valence-corrected chi connectivity index (χ1v) is 10.1. The molecule has 0 fully saturated rings. The predicted octanol–water partition coefficient (Wildman–Crippen LogP) is 1.13. The minimum absolute atomic E-state index is 0.0628. The summed E-state index contributed by atoms with van der Waals surface area (Å²) in [5.41, 5.74) is 1.44. The number of hydrogen-bond donors (Lipinski definition) is 0. The van der Waals surface area contributed by atoms with Crippen LogP contribution in [0.1, 0.15) is 20.7 Å². The van der Waals surface area contributed by atoms with Crippen molar-refractivity contribution in [1.29, 1.82) is 0 Å². The molecule has 0 N–H and O–H groups in total. The Morgan fingerprint density at radius 1 is 0.636 bits per heavy atom. The molecule has 0 saturated carbocycles. The second-order valence-corrected chi connectivity index (χ2v) is 11.8. The standard InChI is InChI=1S/C18H12O2Se2/c19-15(13-7-3-1-4-8-13)11-17-21-18(22-17)12-16(20)14-9-5-2-6-10-14/h1-12H. The van der Waals surface area contributed by atoms with Crippen LogP contribution >= 0.6 is 0 Å². The number of carbonyl (C=O) groups excluding carboxylic acids is 2. The minimum atomic E-state index is 0.0628. The quantitative estimate of drug-likeness (QED) is 0.471. The summed E-state index contributed by atoms with van der Waals surface area (Å²) in [6.45, 7) is 0. The molecular weight excluding hydrogens is 406 g/mol. The maximum atomic E-state index is 12.1. The van der Waals surface area contributed by atoms with Crippen LogP contribution in [-0.4, -0.2) is 40.6 Å². The molecule has 0 unspecified atom stereocenters. The first-order chi connectivity index (χ1) is 10.7. The van der Waals surface area contributed by atoms with E-state index in [1.54, 1.807) is 12.2 Å². The average Bonchev–Trinajstić information content (AvgIpc) is 2.54. The second-order valence-electron chi connectivity index (χ2n) is 4.59. The van der Waals surface area contributed by atoms with E-state index < -0.39 is 0 Å². The molecule has 0 atom stereocenters. The molecule has 0 saturated heterocycles. The van der Waals surface area contributed by atoms with Gasteiger partial charge >= 0.3 is 140 Å². The summed E-state index contributed by atoms with van der Waals surface area (Å²) in [7, 11) is 0. The summed E-state index contributed by atoms with van der Waals surface area (Å²) in [5, 5.41) is 0. The van der Waals surface area contributed by atoms with Gasteiger partial charge in [0.1, 0.15) is 0 Å². The van der Waals surface area contributed by atoms with E-state index in [-0.39, 0.29) is 40.6 Å². The van der Waals surface area contributed by atoms with Gasteiger partial charge in [0.2, 0.25) is 0 Å². The summed E-state index contributed by atoms with van der Waals surface area (Å²) in [5.74, 6) is 0.126. The molecule has 0 radical (unpaired) electrons. The summed E-state index contributed by atoms with van der Waals surface area (Å²) < 4.78 is 2.42. The molecule has 2 nitrogen and oxygen atoms in total. The third kappa shape index (κ3) is 3.73. The van der Waals surface area contributed by atoms with Crippen LogP contribution < -0.4 is 5.93 Å². The van der Waals surface area contributed by atoms with Crippen molar-refractivity contribution in [3.63, 3.8) is 0 Å². The molecule has 0 bridgehead atoms. The molecule has 1 heterocycles. The van der Waals surface area contributed by atoms with Crippen molar-refractivity contribution >= 4 is 52.7 Å². The Bertz CT molecular complexity index is 811. The van der Waals surface area contributed by atoms with E-state index in [1.807, 2.05) is 60.7 Å². The zero-order valence-corrected chi connectivity index (χ0v) is 15.0. The Labute approximate surface area is 139 Å². The monoisotopic (exact) mass is 420 g/mol. The second kappa shape index (κ2) is 7.04. The molecule has 0 amide bonds. The first kappa shape index (κ1) is 15.2.